The zero-order valence-corrected chi connectivity index (χ0v) is 17.3. The predicted molar refractivity (Wildman–Crippen MR) is 117 cm³/mol. The lowest BCUT2D eigenvalue weighted by Gasteiger charge is -2.11. The maximum Gasteiger partial charge on any atom is 0.251 e. The Hall–Kier alpha value is -3.66. The third-order valence-electron chi connectivity index (χ3n) is 4.24. The maximum absolute atomic E-state index is 12.3. The Labute approximate surface area is 177 Å². The highest BCUT2D eigenvalue weighted by Gasteiger charge is 2.08. The maximum atomic E-state index is 12.3. The van der Waals surface area contributed by atoms with Crippen molar-refractivity contribution >= 4 is 46.1 Å². The fourth-order valence-corrected chi connectivity index (χ4v) is 3.37. The topological polar surface area (TPSA) is 118 Å². The Balaban J connectivity index is 1.32. The van der Waals surface area contributed by atoms with E-state index in [0.29, 0.717) is 36.1 Å². The van der Waals surface area contributed by atoms with E-state index in [0.717, 1.165) is 34.1 Å². The molecule has 30 heavy (non-hydrogen) atoms. The molecule has 10 heteroatoms. The normalized spacial score (nSPS) is 10.7. The number of nitrogens with one attached hydrogen (secondary N) is 3. The first-order valence-corrected chi connectivity index (χ1v) is 10.1. The fraction of sp³-hybridized carbons (Fsp3) is 0.200. The van der Waals surface area contributed by atoms with Crippen molar-refractivity contribution in [2.75, 3.05) is 23.7 Å². The summed E-state index contributed by atoms with van der Waals surface area (Å²) in [6.07, 6.45) is 1.75. The second-order valence-corrected chi connectivity index (χ2v) is 7.21. The highest BCUT2D eigenvalue weighted by molar-refractivity contribution is 7.00. The van der Waals surface area contributed by atoms with Crippen LogP contribution in [0, 0.1) is 13.8 Å². The average molecular weight is 421 g/mol. The van der Waals surface area contributed by atoms with Crippen LogP contribution in [-0.2, 0) is 0 Å². The van der Waals surface area contributed by atoms with Gasteiger partial charge in [-0.2, -0.15) is 8.75 Å². The number of amides is 1. The van der Waals surface area contributed by atoms with Gasteiger partial charge in [-0.3, -0.25) is 4.79 Å². The SMILES string of the molecule is Cc1ccnc(Nc2cc(NCCNC(=O)c3ccc4nsnc4c3)nc(C)n2)c1. The molecule has 4 rings (SSSR count). The van der Waals surface area contributed by atoms with Crippen LogP contribution in [0.2, 0.25) is 0 Å². The number of fused-ring (bicyclic) bond motifs is 1. The molecule has 0 radical (unpaired) electrons. The van der Waals surface area contributed by atoms with Gasteiger partial charge in [0.25, 0.3) is 5.91 Å². The van der Waals surface area contributed by atoms with Crippen LogP contribution >= 0.6 is 11.7 Å². The monoisotopic (exact) mass is 420 g/mol. The lowest BCUT2D eigenvalue weighted by atomic mass is 10.2. The van der Waals surface area contributed by atoms with E-state index < -0.39 is 0 Å². The summed E-state index contributed by atoms with van der Waals surface area (Å²) in [5.41, 5.74) is 3.19. The molecule has 4 aromatic rings. The van der Waals surface area contributed by atoms with E-state index in [2.05, 4.69) is 39.6 Å². The van der Waals surface area contributed by atoms with Gasteiger partial charge in [0.15, 0.2) is 0 Å². The summed E-state index contributed by atoms with van der Waals surface area (Å²) >= 11 is 1.13. The molecule has 0 aliphatic rings. The minimum atomic E-state index is -0.154. The number of benzene rings is 1. The number of carbonyl (C=O) groups excluding carboxylic acids is 1. The first-order valence-electron chi connectivity index (χ1n) is 9.36. The molecule has 3 N–H and O–H groups in total. The van der Waals surface area contributed by atoms with Gasteiger partial charge in [-0.05, 0) is 49.7 Å². The number of hydrogen-bond acceptors (Lipinski definition) is 9. The van der Waals surface area contributed by atoms with Crippen molar-refractivity contribution in [1.29, 1.82) is 0 Å². The molecule has 0 aliphatic carbocycles. The van der Waals surface area contributed by atoms with Gasteiger partial charge in [-0.1, -0.05) is 0 Å². The number of pyridine rings is 1. The van der Waals surface area contributed by atoms with Gasteiger partial charge in [0.2, 0.25) is 0 Å². The molecule has 0 aliphatic heterocycles. The third-order valence-corrected chi connectivity index (χ3v) is 4.80. The van der Waals surface area contributed by atoms with Gasteiger partial charge in [0.05, 0.1) is 11.7 Å². The zero-order chi connectivity index (χ0) is 20.9. The highest BCUT2D eigenvalue weighted by atomic mass is 32.1. The number of hydrogen-bond donors (Lipinski definition) is 3. The Kier molecular flexibility index (Phi) is 5.75. The number of aromatic nitrogens is 5. The number of anilines is 3. The van der Waals surface area contributed by atoms with Crippen molar-refractivity contribution in [3.05, 3.63) is 59.5 Å². The van der Waals surface area contributed by atoms with Crippen LogP contribution in [0.5, 0.6) is 0 Å². The van der Waals surface area contributed by atoms with Gasteiger partial charge >= 0.3 is 0 Å². The van der Waals surface area contributed by atoms with Crippen LogP contribution in [-0.4, -0.2) is 42.7 Å². The summed E-state index contributed by atoms with van der Waals surface area (Å²) in [5.74, 6) is 2.51. The largest absolute Gasteiger partial charge is 0.368 e. The molecule has 9 nitrogen and oxygen atoms in total. The molecule has 152 valence electrons. The minimum Gasteiger partial charge on any atom is -0.368 e. The van der Waals surface area contributed by atoms with Gasteiger partial charge < -0.3 is 16.0 Å². The number of carbonyl (C=O) groups is 1. The fourth-order valence-electron chi connectivity index (χ4n) is 2.85. The molecule has 3 aromatic heterocycles. The van der Waals surface area contributed by atoms with E-state index in [1.807, 2.05) is 32.0 Å². The molecule has 0 atom stereocenters. The van der Waals surface area contributed by atoms with Crippen LogP contribution in [0.25, 0.3) is 11.0 Å². The molecule has 0 spiro atoms. The van der Waals surface area contributed by atoms with E-state index in [-0.39, 0.29) is 5.91 Å². The van der Waals surface area contributed by atoms with E-state index >= 15 is 0 Å². The van der Waals surface area contributed by atoms with Gasteiger partial charge in [0.1, 0.15) is 34.3 Å². The first-order chi connectivity index (χ1) is 14.6. The summed E-state index contributed by atoms with van der Waals surface area (Å²) in [5, 5.41) is 9.28. The molecule has 0 unspecified atom stereocenters. The van der Waals surface area contributed by atoms with Crippen LogP contribution in [0.15, 0.2) is 42.6 Å². The van der Waals surface area contributed by atoms with Crippen molar-refractivity contribution in [1.82, 2.24) is 29.0 Å². The van der Waals surface area contributed by atoms with Crippen LogP contribution in [0.4, 0.5) is 17.5 Å². The molecule has 1 aromatic carbocycles. The quantitative estimate of drug-likeness (QED) is 0.391. The Bertz CT molecular complexity index is 1190. The van der Waals surface area contributed by atoms with E-state index in [9.17, 15) is 4.79 Å². The zero-order valence-electron chi connectivity index (χ0n) is 16.5. The highest BCUT2D eigenvalue weighted by Crippen LogP contribution is 2.16. The summed E-state index contributed by atoms with van der Waals surface area (Å²) in [4.78, 5) is 25.4. The average Bonchev–Trinajstić information content (AvgIpc) is 3.18. The van der Waals surface area contributed by atoms with E-state index in [4.69, 9.17) is 0 Å². The molecule has 0 saturated carbocycles. The summed E-state index contributed by atoms with van der Waals surface area (Å²) < 4.78 is 8.30. The van der Waals surface area contributed by atoms with Crippen LogP contribution in [0.1, 0.15) is 21.7 Å². The number of nitrogens with zero attached hydrogens (tertiary/aromatic N) is 5. The number of rotatable bonds is 7. The second-order valence-electron chi connectivity index (χ2n) is 6.68. The third kappa shape index (κ3) is 4.84. The standard InChI is InChI=1S/C20H20N8OS/c1-12-5-6-21-17(9-12)26-19-11-18(24-13(2)25-19)22-7-8-23-20(29)14-3-4-15-16(10-14)28-30-27-15/h3-6,9-11H,7-8H2,1-2H3,(H,23,29)(H2,21,22,24,25,26). The summed E-state index contributed by atoms with van der Waals surface area (Å²) in [6.45, 7) is 4.79. The number of aryl methyl sites for hydroxylation is 2. The molecule has 0 bridgehead atoms. The summed E-state index contributed by atoms with van der Waals surface area (Å²) in [7, 11) is 0. The Morgan fingerprint density at radius 3 is 2.63 bits per heavy atom. The minimum absolute atomic E-state index is 0.154. The Morgan fingerprint density at radius 2 is 1.77 bits per heavy atom. The van der Waals surface area contributed by atoms with Gasteiger partial charge in [-0.25, -0.2) is 15.0 Å². The van der Waals surface area contributed by atoms with Gasteiger partial charge in [-0.15, -0.1) is 0 Å². The predicted octanol–water partition coefficient (Wildman–Crippen LogP) is 3.08. The lowest BCUT2D eigenvalue weighted by molar-refractivity contribution is 0.0955. The van der Waals surface area contributed by atoms with Crippen molar-refractivity contribution in [2.45, 2.75) is 13.8 Å². The molecular formula is C20H20N8OS. The van der Waals surface area contributed by atoms with E-state index in [1.165, 1.54) is 0 Å². The molecule has 0 fully saturated rings. The smallest absolute Gasteiger partial charge is 0.251 e. The van der Waals surface area contributed by atoms with Crippen molar-refractivity contribution in [3.8, 4) is 0 Å². The first kappa shape index (κ1) is 19.6. The van der Waals surface area contributed by atoms with Crippen molar-refractivity contribution < 1.29 is 4.79 Å². The second kappa shape index (κ2) is 8.78. The molecule has 0 saturated heterocycles. The molecule has 3 heterocycles. The van der Waals surface area contributed by atoms with Crippen LogP contribution in [0.3, 0.4) is 0 Å². The summed E-state index contributed by atoms with van der Waals surface area (Å²) in [6, 6.07) is 11.0. The molecule has 1 amide bonds. The van der Waals surface area contributed by atoms with Crippen molar-refractivity contribution in [3.63, 3.8) is 0 Å². The van der Waals surface area contributed by atoms with Gasteiger partial charge in [0, 0.05) is 30.9 Å². The van der Waals surface area contributed by atoms with E-state index in [1.54, 1.807) is 24.4 Å². The van der Waals surface area contributed by atoms with Crippen molar-refractivity contribution in [2.24, 2.45) is 0 Å². The van der Waals surface area contributed by atoms with Crippen LogP contribution < -0.4 is 16.0 Å². The Morgan fingerprint density at radius 1 is 0.933 bits per heavy atom. The molecular weight excluding hydrogens is 400 g/mol. The lowest BCUT2D eigenvalue weighted by Crippen LogP contribution is -2.28.